The van der Waals surface area contributed by atoms with E-state index in [2.05, 4.69) is 5.32 Å². The molecule has 2 rings (SSSR count). The molecule has 0 aromatic heterocycles. The van der Waals surface area contributed by atoms with Crippen molar-refractivity contribution in [3.05, 3.63) is 29.8 Å². The molecule has 1 aromatic rings. The van der Waals surface area contributed by atoms with Crippen molar-refractivity contribution < 1.29 is 29.0 Å². The monoisotopic (exact) mass is 352 g/mol. The van der Waals surface area contributed by atoms with Crippen molar-refractivity contribution in [2.75, 3.05) is 18.5 Å². The number of carbonyl (C=O) groups excluding carboxylic acids is 3. The summed E-state index contributed by atoms with van der Waals surface area (Å²) in [6.07, 6.45) is -0.293. The second-order valence-electron chi connectivity index (χ2n) is 4.84. The maximum Gasteiger partial charge on any atom is 0.338 e. The quantitative estimate of drug-likeness (QED) is 0.714. The normalized spacial score (nSPS) is 17.0. The van der Waals surface area contributed by atoms with Crippen LogP contribution in [0, 0.1) is 0 Å². The highest BCUT2D eigenvalue weighted by atomic mass is 32.2. The first-order chi connectivity index (χ1) is 11.4. The molecule has 1 unspecified atom stereocenters. The Labute approximate surface area is 142 Å². The summed E-state index contributed by atoms with van der Waals surface area (Å²) < 4.78 is 4.88. The summed E-state index contributed by atoms with van der Waals surface area (Å²) in [5, 5.41) is 10.2. The van der Waals surface area contributed by atoms with Crippen LogP contribution < -0.4 is 5.32 Å². The summed E-state index contributed by atoms with van der Waals surface area (Å²) in [5.41, 5.74) is 0.939. The van der Waals surface area contributed by atoms with Crippen molar-refractivity contribution in [3.63, 3.8) is 0 Å². The number of ether oxygens (including phenoxy) is 1. The van der Waals surface area contributed by atoms with Crippen LogP contribution in [0.25, 0.3) is 0 Å². The number of rotatable bonds is 7. The Morgan fingerprint density at radius 3 is 2.54 bits per heavy atom. The van der Waals surface area contributed by atoms with Crippen LogP contribution in [0.2, 0.25) is 0 Å². The first kappa shape index (κ1) is 17.8. The number of esters is 1. The SMILES string of the molecule is CCOC(=O)c1ccc(NC2SC(=O)N(CCC(=O)O)C2=O)cc1. The highest BCUT2D eigenvalue weighted by Gasteiger charge is 2.39. The molecule has 2 amide bonds. The Bertz CT molecular complexity index is 660. The molecule has 1 aliphatic rings. The summed E-state index contributed by atoms with van der Waals surface area (Å²) in [5.74, 6) is -2.00. The standard InChI is InChI=1S/C15H16N2O6S/c1-2-23-14(21)9-3-5-10(6-4-9)16-12-13(20)17(15(22)24-12)8-7-11(18)19/h3-6,12,16H,2,7-8H2,1H3,(H,18,19). The van der Waals surface area contributed by atoms with E-state index in [1.165, 1.54) is 0 Å². The smallest absolute Gasteiger partial charge is 0.338 e. The molecule has 1 aromatic carbocycles. The van der Waals surface area contributed by atoms with Gasteiger partial charge in [0.1, 0.15) is 0 Å². The van der Waals surface area contributed by atoms with Gasteiger partial charge in [-0.05, 0) is 43.0 Å². The number of thioether (sulfide) groups is 1. The van der Waals surface area contributed by atoms with Gasteiger partial charge in [-0.15, -0.1) is 0 Å². The predicted octanol–water partition coefficient (Wildman–Crippen LogP) is 1.77. The maximum absolute atomic E-state index is 12.1. The fraction of sp³-hybridized carbons (Fsp3) is 0.333. The largest absolute Gasteiger partial charge is 0.481 e. The summed E-state index contributed by atoms with van der Waals surface area (Å²) in [6, 6.07) is 6.30. The van der Waals surface area contributed by atoms with E-state index in [4.69, 9.17) is 9.84 Å². The highest BCUT2D eigenvalue weighted by Crippen LogP contribution is 2.28. The summed E-state index contributed by atoms with van der Waals surface area (Å²) in [4.78, 5) is 47.0. The molecule has 1 saturated heterocycles. The first-order valence-corrected chi connectivity index (χ1v) is 8.08. The molecule has 1 fully saturated rings. The number of benzene rings is 1. The van der Waals surface area contributed by atoms with Crippen molar-refractivity contribution in [1.29, 1.82) is 0 Å². The molecule has 128 valence electrons. The lowest BCUT2D eigenvalue weighted by molar-refractivity contribution is -0.137. The number of nitrogens with zero attached hydrogens (tertiary/aromatic N) is 1. The van der Waals surface area contributed by atoms with Gasteiger partial charge in [0.2, 0.25) is 0 Å². The van der Waals surface area contributed by atoms with Crippen molar-refractivity contribution >= 4 is 40.5 Å². The van der Waals surface area contributed by atoms with E-state index in [-0.39, 0.29) is 19.6 Å². The molecular formula is C15H16N2O6S. The van der Waals surface area contributed by atoms with Crippen molar-refractivity contribution in [2.45, 2.75) is 18.7 Å². The van der Waals surface area contributed by atoms with E-state index in [9.17, 15) is 19.2 Å². The van der Waals surface area contributed by atoms with Crippen molar-refractivity contribution in [2.24, 2.45) is 0 Å². The Morgan fingerprint density at radius 2 is 1.96 bits per heavy atom. The maximum atomic E-state index is 12.1. The molecule has 0 aliphatic carbocycles. The van der Waals surface area contributed by atoms with Crippen LogP contribution in [0.5, 0.6) is 0 Å². The zero-order chi connectivity index (χ0) is 17.7. The number of hydrogen-bond acceptors (Lipinski definition) is 7. The van der Waals surface area contributed by atoms with Crippen molar-refractivity contribution in [3.8, 4) is 0 Å². The molecule has 0 saturated carbocycles. The number of imide groups is 1. The third-order valence-electron chi connectivity index (χ3n) is 3.17. The van der Waals surface area contributed by atoms with E-state index in [1.807, 2.05) is 0 Å². The second-order valence-corrected chi connectivity index (χ2v) is 5.90. The van der Waals surface area contributed by atoms with Gasteiger partial charge in [0, 0.05) is 12.2 Å². The Hall–Kier alpha value is -2.55. The molecule has 0 spiro atoms. The lowest BCUT2D eigenvalue weighted by atomic mass is 10.2. The average Bonchev–Trinajstić information content (AvgIpc) is 2.80. The number of anilines is 1. The van der Waals surface area contributed by atoms with Crippen LogP contribution in [-0.4, -0.2) is 51.6 Å². The molecule has 1 aliphatic heterocycles. The van der Waals surface area contributed by atoms with Crippen LogP contribution >= 0.6 is 11.8 Å². The molecule has 0 radical (unpaired) electrons. The Morgan fingerprint density at radius 1 is 1.29 bits per heavy atom. The minimum absolute atomic E-state index is 0.153. The van der Waals surface area contributed by atoms with Crippen LogP contribution in [0.15, 0.2) is 24.3 Å². The van der Waals surface area contributed by atoms with Crippen LogP contribution in [0.4, 0.5) is 10.5 Å². The summed E-state index contributed by atoms with van der Waals surface area (Å²) >= 11 is 0.789. The molecule has 0 bridgehead atoms. The topological polar surface area (TPSA) is 113 Å². The van der Waals surface area contributed by atoms with Gasteiger partial charge >= 0.3 is 11.9 Å². The van der Waals surface area contributed by atoms with Gasteiger partial charge in [0.15, 0.2) is 5.37 Å². The van der Waals surface area contributed by atoms with E-state index in [1.54, 1.807) is 31.2 Å². The van der Waals surface area contributed by atoms with Gasteiger partial charge in [-0.1, -0.05) is 0 Å². The Balaban J connectivity index is 1.98. The number of hydrogen-bond donors (Lipinski definition) is 2. The third-order valence-corrected chi connectivity index (χ3v) is 4.15. The van der Waals surface area contributed by atoms with Gasteiger partial charge in [-0.2, -0.15) is 0 Å². The fourth-order valence-electron chi connectivity index (χ4n) is 2.01. The minimum Gasteiger partial charge on any atom is -0.481 e. The lowest BCUT2D eigenvalue weighted by Gasteiger charge is -2.14. The van der Waals surface area contributed by atoms with E-state index < -0.39 is 28.5 Å². The molecule has 1 atom stereocenters. The van der Waals surface area contributed by atoms with Crippen LogP contribution in [0.1, 0.15) is 23.7 Å². The van der Waals surface area contributed by atoms with E-state index in [0.29, 0.717) is 11.3 Å². The van der Waals surface area contributed by atoms with Crippen LogP contribution in [-0.2, 0) is 14.3 Å². The molecule has 1 heterocycles. The van der Waals surface area contributed by atoms with Gasteiger partial charge in [0.05, 0.1) is 18.6 Å². The zero-order valence-electron chi connectivity index (χ0n) is 12.9. The van der Waals surface area contributed by atoms with Gasteiger partial charge in [0.25, 0.3) is 11.1 Å². The Kier molecular flexibility index (Phi) is 5.80. The number of carboxylic acid groups (broad SMARTS) is 1. The molecule has 2 N–H and O–H groups in total. The second kappa shape index (κ2) is 7.82. The number of carbonyl (C=O) groups is 4. The third kappa shape index (κ3) is 4.25. The number of nitrogens with one attached hydrogen (secondary N) is 1. The summed E-state index contributed by atoms with van der Waals surface area (Å²) in [7, 11) is 0. The zero-order valence-corrected chi connectivity index (χ0v) is 13.7. The number of amides is 2. The van der Waals surface area contributed by atoms with Crippen molar-refractivity contribution in [1.82, 2.24) is 4.90 Å². The number of carboxylic acids is 1. The fourth-order valence-corrected chi connectivity index (χ4v) is 2.95. The predicted molar refractivity (Wildman–Crippen MR) is 86.8 cm³/mol. The summed E-state index contributed by atoms with van der Waals surface area (Å²) in [6.45, 7) is 1.84. The van der Waals surface area contributed by atoms with Crippen LogP contribution in [0.3, 0.4) is 0 Å². The molecule has 9 heteroatoms. The van der Waals surface area contributed by atoms with Gasteiger partial charge in [-0.25, -0.2) is 4.79 Å². The average molecular weight is 352 g/mol. The lowest BCUT2D eigenvalue weighted by Crippen LogP contribution is -2.35. The van der Waals surface area contributed by atoms with E-state index in [0.717, 1.165) is 16.7 Å². The number of aliphatic carboxylic acids is 1. The minimum atomic E-state index is -1.08. The van der Waals surface area contributed by atoms with E-state index >= 15 is 0 Å². The molecule has 8 nitrogen and oxygen atoms in total. The van der Waals surface area contributed by atoms with Gasteiger partial charge < -0.3 is 15.2 Å². The molecule has 24 heavy (non-hydrogen) atoms. The molecular weight excluding hydrogens is 336 g/mol. The highest BCUT2D eigenvalue weighted by molar-refractivity contribution is 8.15. The first-order valence-electron chi connectivity index (χ1n) is 7.20. The van der Waals surface area contributed by atoms with Gasteiger partial charge in [-0.3, -0.25) is 19.3 Å².